The number of aromatic nitrogens is 1. The van der Waals surface area contributed by atoms with Crippen LogP contribution in [0.2, 0.25) is 5.02 Å². The zero-order chi connectivity index (χ0) is 17.8. The van der Waals surface area contributed by atoms with Crippen LogP contribution in [-0.4, -0.2) is 31.1 Å². The van der Waals surface area contributed by atoms with Crippen LogP contribution in [0.15, 0.2) is 36.5 Å². The summed E-state index contributed by atoms with van der Waals surface area (Å²) in [5.74, 6) is 2.01. The first-order valence-electron chi connectivity index (χ1n) is 8.42. The van der Waals surface area contributed by atoms with Gasteiger partial charge in [0.15, 0.2) is 0 Å². The Balaban J connectivity index is 1.70. The predicted molar refractivity (Wildman–Crippen MR) is 101 cm³/mol. The first kappa shape index (κ1) is 17.5. The van der Waals surface area contributed by atoms with Gasteiger partial charge in [-0.25, -0.2) is 4.98 Å². The van der Waals surface area contributed by atoms with Crippen molar-refractivity contribution in [1.29, 1.82) is 0 Å². The Morgan fingerprint density at radius 2 is 2.04 bits per heavy atom. The van der Waals surface area contributed by atoms with Crippen LogP contribution in [0.5, 0.6) is 5.75 Å². The molecule has 132 valence electrons. The van der Waals surface area contributed by atoms with Crippen LogP contribution in [0.1, 0.15) is 30.1 Å². The van der Waals surface area contributed by atoms with Crippen LogP contribution in [0.25, 0.3) is 0 Å². The fraction of sp³-hybridized carbons (Fsp3) is 0.368. The van der Waals surface area contributed by atoms with Gasteiger partial charge >= 0.3 is 0 Å². The van der Waals surface area contributed by atoms with Crippen molar-refractivity contribution in [2.45, 2.75) is 19.8 Å². The molecule has 1 aromatic carbocycles. The lowest BCUT2D eigenvalue weighted by atomic mass is 9.99. The second kappa shape index (κ2) is 7.74. The molecule has 0 unspecified atom stereocenters. The van der Waals surface area contributed by atoms with Gasteiger partial charge in [-0.3, -0.25) is 4.79 Å². The molecule has 2 heterocycles. The van der Waals surface area contributed by atoms with E-state index in [1.165, 1.54) is 12.8 Å². The molecule has 1 aromatic heterocycles. The van der Waals surface area contributed by atoms with Gasteiger partial charge in [0.25, 0.3) is 5.91 Å². The van der Waals surface area contributed by atoms with E-state index in [0.717, 1.165) is 24.8 Å². The fourth-order valence-electron chi connectivity index (χ4n) is 2.92. The van der Waals surface area contributed by atoms with Crippen molar-refractivity contribution in [1.82, 2.24) is 4.98 Å². The summed E-state index contributed by atoms with van der Waals surface area (Å²) >= 11 is 6.00. The highest BCUT2D eigenvalue weighted by molar-refractivity contribution is 6.31. The van der Waals surface area contributed by atoms with Crippen molar-refractivity contribution in [2.24, 2.45) is 5.92 Å². The zero-order valence-electron chi connectivity index (χ0n) is 14.5. The van der Waals surface area contributed by atoms with Gasteiger partial charge in [0.1, 0.15) is 11.6 Å². The van der Waals surface area contributed by atoms with Gasteiger partial charge in [-0.05, 0) is 49.1 Å². The number of carbonyl (C=O) groups is 1. The van der Waals surface area contributed by atoms with Crippen LogP contribution < -0.4 is 15.0 Å². The van der Waals surface area contributed by atoms with Gasteiger partial charge in [0.2, 0.25) is 0 Å². The number of amides is 1. The van der Waals surface area contributed by atoms with Crippen molar-refractivity contribution in [2.75, 3.05) is 30.4 Å². The number of pyridine rings is 1. The summed E-state index contributed by atoms with van der Waals surface area (Å²) in [7, 11) is 1.55. The molecule has 0 atom stereocenters. The highest BCUT2D eigenvalue weighted by Gasteiger charge is 2.17. The molecule has 1 amide bonds. The van der Waals surface area contributed by atoms with Gasteiger partial charge in [0.05, 0.1) is 18.4 Å². The smallest absolute Gasteiger partial charge is 0.257 e. The number of hydrogen-bond donors (Lipinski definition) is 1. The molecule has 1 aliphatic rings. The predicted octanol–water partition coefficient (Wildman–Crippen LogP) is 4.23. The minimum Gasteiger partial charge on any atom is -0.495 e. The molecule has 0 bridgehead atoms. The standard InChI is InChI=1S/C19H22ClN3O2/c1-13-7-9-23(10-8-13)18-6-3-14(12-21-18)19(24)22-16-11-15(20)4-5-17(16)25-2/h3-6,11-13H,7-10H2,1-2H3,(H,22,24). The maximum absolute atomic E-state index is 12.5. The van der Waals surface area contributed by atoms with E-state index in [0.29, 0.717) is 22.0 Å². The molecule has 1 fully saturated rings. The number of benzene rings is 1. The molecule has 0 saturated carbocycles. The quantitative estimate of drug-likeness (QED) is 0.887. The number of nitrogens with one attached hydrogen (secondary N) is 1. The lowest BCUT2D eigenvalue weighted by Crippen LogP contribution is -2.33. The van der Waals surface area contributed by atoms with Gasteiger partial charge < -0.3 is 15.0 Å². The topological polar surface area (TPSA) is 54.5 Å². The minimum absolute atomic E-state index is 0.244. The molecular formula is C19H22ClN3O2. The summed E-state index contributed by atoms with van der Waals surface area (Å²) < 4.78 is 5.25. The molecular weight excluding hydrogens is 338 g/mol. The first-order valence-corrected chi connectivity index (χ1v) is 8.80. The van der Waals surface area contributed by atoms with Crippen molar-refractivity contribution in [3.8, 4) is 5.75 Å². The number of carbonyl (C=O) groups excluding carboxylic acids is 1. The normalized spacial score (nSPS) is 15.1. The summed E-state index contributed by atoms with van der Waals surface area (Å²) in [4.78, 5) is 19.2. The summed E-state index contributed by atoms with van der Waals surface area (Å²) in [6.07, 6.45) is 3.97. The molecule has 6 heteroatoms. The molecule has 1 saturated heterocycles. The molecule has 1 N–H and O–H groups in total. The third-order valence-electron chi connectivity index (χ3n) is 4.53. The number of hydrogen-bond acceptors (Lipinski definition) is 4. The molecule has 1 aliphatic heterocycles. The Bertz CT molecular complexity index is 741. The highest BCUT2D eigenvalue weighted by Crippen LogP contribution is 2.28. The number of piperidine rings is 1. The van der Waals surface area contributed by atoms with Gasteiger partial charge in [-0.2, -0.15) is 0 Å². The summed E-state index contributed by atoms with van der Waals surface area (Å²) in [5, 5.41) is 3.35. The van der Waals surface area contributed by atoms with Crippen LogP contribution in [0.4, 0.5) is 11.5 Å². The van der Waals surface area contributed by atoms with E-state index in [-0.39, 0.29) is 5.91 Å². The second-order valence-electron chi connectivity index (χ2n) is 6.37. The van der Waals surface area contributed by atoms with E-state index in [2.05, 4.69) is 22.1 Å². The molecule has 0 radical (unpaired) electrons. The molecule has 3 rings (SSSR count). The van der Waals surface area contributed by atoms with Crippen molar-refractivity contribution in [3.05, 3.63) is 47.1 Å². The number of ether oxygens (including phenoxy) is 1. The minimum atomic E-state index is -0.244. The Kier molecular flexibility index (Phi) is 5.43. The second-order valence-corrected chi connectivity index (χ2v) is 6.81. The van der Waals surface area contributed by atoms with Crippen LogP contribution >= 0.6 is 11.6 Å². The Morgan fingerprint density at radius 3 is 2.68 bits per heavy atom. The summed E-state index contributed by atoms with van der Waals surface area (Å²) in [6, 6.07) is 8.80. The van der Waals surface area contributed by atoms with E-state index in [1.807, 2.05) is 6.07 Å². The number of methoxy groups -OCH3 is 1. The van der Waals surface area contributed by atoms with E-state index < -0.39 is 0 Å². The van der Waals surface area contributed by atoms with E-state index in [9.17, 15) is 4.79 Å². The monoisotopic (exact) mass is 359 g/mol. The first-order chi connectivity index (χ1) is 12.1. The number of halogens is 1. The summed E-state index contributed by atoms with van der Waals surface area (Å²) in [6.45, 7) is 4.31. The van der Waals surface area contributed by atoms with Gasteiger partial charge in [0, 0.05) is 24.3 Å². The van der Waals surface area contributed by atoms with Crippen LogP contribution in [-0.2, 0) is 0 Å². The molecule has 25 heavy (non-hydrogen) atoms. The molecule has 5 nitrogen and oxygen atoms in total. The zero-order valence-corrected chi connectivity index (χ0v) is 15.2. The number of nitrogens with zero attached hydrogens (tertiary/aromatic N) is 2. The van der Waals surface area contributed by atoms with Crippen molar-refractivity contribution >= 4 is 29.0 Å². The van der Waals surface area contributed by atoms with E-state index >= 15 is 0 Å². The largest absolute Gasteiger partial charge is 0.495 e. The lowest BCUT2D eigenvalue weighted by molar-refractivity contribution is 0.102. The SMILES string of the molecule is COc1ccc(Cl)cc1NC(=O)c1ccc(N2CCC(C)CC2)nc1. The van der Waals surface area contributed by atoms with Crippen LogP contribution in [0, 0.1) is 5.92 Å². The molecule has 0 spiro atoms. The van der Waals surface area contributed by atoms with Crippen LogP contribution in [0.3, 0.4) is 0 Å². The third kappa shape index (κ3) is 4.23. The van der Waals surface area contributed by atoms with Gasteiger partial charge in [-0.15, -0.1) is 0 Å². The maximum Gasteiger partial charge on any atom is 0.257 e. The summed E-state index contributed by atoms with van der Waals surface area (Å²) in [5.41, 5.74) is 1.03. The Morgan fingerprint density at radius 1 is 1.28 bits per heavy atom. The lowest BCUT2D eigenvalue weighted by Gasteiger charge is -2.31. The van der Waals surface area contributed by atoms with E-state index in [1.54, 1.807) is 37.6 Å². The molecule has 2 aromatic rings. The average Bonchev–Trinajstić information content (AvgIpc) is 2.63. The average molecular weight is 360 g/mol. The van der Waals surface area contributed by atoms with Crippen molar-refractivity contribution < 1.29 is 9.53 Å². The highest BCUT2D eigenvalue weighted by atomic mass is 35.5. The maximum atomic E-state index is 12.5. The van der Waals surface area contributed by atoms with Crippen molar-refractivity contribution in [3.63, 3.8) is 0 Å². The number of anilines is 2. The van der Waals surface area contributed by atoms with Gasteiger partial charge in [-0.1, -0.05) is 18.5 Å². The fourth-order valence-corrected chi connectivity index (χ4v) is 3.09. The Hall–Kier alpha value is -2.27. The molecule has 0 aliphatic carbocycles. The van der Waals surface area contributed by atoms with E-state index in [4.69, 9.17) is 16.3 Å². The third-order valence-corrected chi connectivity index (χ3v) is 4.76. The number of rotatable bonds is 4. The Labute approximate surface area is 153 Å².